The molecule has 0 aliphatic rings. The lowest BCUT2D eigenvalue weighted by molar-refractivity contribution is 0.980. The van der Waals surface area contributed by atoms with E-state index < -0.39 is 0 Å². The minimum Gasteiger partial charge on any atom is -0.233 e. The van der Waals surface area contributed by atoms with Gasteiger partial charge < -0.3 is 0 Å². The number of nitriles is 1. The van der Waals surface area contributed by atoms with Crippen LogP contribution in [-0.4, -0.2) is 15.2 Å². The molecule has 4 heteroatoms. The van der Waals surface area contributed by atoms with Crippen LogP contribution in [0.25, 0.3) is 11.4 Å². The fourth-order valence-electron chi connectivity index (χ4n) is 1.11. The Labute approximate surface area is 80.9 Å². The largest absolute Gasteiger partial charge is 0.233 e. The van der Waals surface area contributed by atoms with Crippen LogP contribution in [-0.2, 0) is 0 Å². The molecule has 0 N–H and O–H groups in total. The predicted octanol–water partition coefficient (Wildman–Crippen LogP) is 1.41. The van der Waals surface area contributed by atoms with Gasteiger partial charge in [-0.15, -0.1) is 5.10 Å². The van der Waals surface area contributed by atoms with Crippen LogP contribution in [0, 0.1) is 11.3 Å². The van der Waals surface area contributed by atoms with Crippen molar-refractivity contribution < 1.29 is 0 Å². The van der Waals surface area contributed by atoms with Gasteiger partial charge >= 0.3 is 0 Å². The SMILES string of the molecule is N#Cc1cccc(-c2nccnn2)c1. The normalized spacial score (nSPS) is 9.36. The second-order valence-electron chi connectivity index (χ2n) is 2.66. The van der Waals surface area contributed by atoms with Gasteiger partial charge in [0.25, 0.3) is 0 Å². The second-order valence-corrected chi connectivity index (χ2v) is 2.66. The van der Waals surface area contributed by atoms with Crippen molar-refractivity contribution in [3.8, 4) is 17.5 Å². The van der Waals surface area contributed by atoms with Crippen molar-refractivity contribution in [1.82, 2.24) is 15.2 Å². The molecule has 0 aliphatic heterocycles. The van der Waals surface area contributed by atoms with Crippen LogP contribution in [0.3, 0.4) is 0 Å². The average Bonchev–Trinajstić information content (AvgIpc) is 2.30. The van der Waals surface area contributed by atoms with Gasteiger partial charge in [0.05, 0.1) is 17.8 Å². The minimum absolute atomic E-state index is 0.532. The highest BCUT2D eigenvalue weighted by Gasteiger charge is 2.00. The monoisotopic (exact) mass is 182 g/mol. The number of hydrogen-bond acceptors (Lipinski definition) is 4. The van der Waals surface area contributed by atoms with E-state index in [0.29, 0.717) is 11.4 Å². The molecule has 0 bridgehead atoms. The summed E-state index contributed by atoms with van der Waals surface area (Å²) in [5.74, 6) is 0.532. The molecular weight excluding hydrogens is 176 g/mol. The number of rotatable bonds is 1. The Hall–Kier alpha value is -2.28. The van der Waals surface area contributed by atoms with Crippen LogP contribution in [0.5, 0.6) is 0 Å². The van der Waals surface area contributed by atoms with Crippen LogP contribution in [0.2, 0.25) is 0 Å². The fraction of sp³-hybridized carbons (Fsp3) is 0. The summed E-state index contributed by atoms with van der Waals surface area (Å²) in [5.41, 5.74) is 1.40. The van der Waals surface area contributed by atoms with Crippen LogP contribution < -0.4 is 0 Å². The smallest absolute Gasteiger partial charge is 0.181 e. The molecule has 0 spiro atoms. The average molecular weight is 182 g/mol. The lowest BCUT2D eigenvalue weighted by Crippen LogP contribution is -1.90. The predicted molar refractivity (Wildman–Crippen MR) is 50.0 cm³/mol. The van der Waals surface area contributed by atoms with Crippen molar-refractivity contribution in [3.05, 3.63) is 42.2 Å². The highest BCUT2D eigenvalue weighted by Crippen LogP contribution is 2.14. The zero-order valence-corrected chi connectivity index (χ0v) is 7.25. The minimum atomic E-state index is 0.532. The summed E-state index contributed by atoms with van der Waals surface area (Å²) >= 11 is 0. The summed E-state index contributed by atoms with van der Waals surface area (Å²) < 4.78 is 0. The number of hydrogen-bond donors (Lipinski definition) is 0. The molecule has 0 aliphatic carbocycles. The van der Waals surface area contributed by atoms with E-state index in [1.165, 1.54) is 6.20 Å². The van der Waals surface area contributed by atoms with Crippen LogP contribution in [0.4, 0.5) is 0 Å². The van der Waals surface area contributed by atoms with Crippen molar-refractivity contribution in [2.45, 2.75) is 0 Å². The van der Waals surface area contributed by atoms with Crippen molar-refractivity contribution in [3.63, 3.8) is 0 Å². The first-order valence-electron chi connectivity index (χ1n) is 4.04. The molecule has 0 radical (unpaired) electrons. The van der Waals surface area contributed by atoms with E-state index in [-0.39, 0.29) is 0 Å². The van der Waals surface area contributed by atoms with Crippen molar-refractivity contribution in [2.24, 2.45) is 0 Å². The molecule has 66 valence electrons. The lowest BCUT2D eigenvalue weighted by Gasteiger charge is -1.97. The Morgan fingerprint density at radius 2 is 2.14 bits per heavy atom. The van der Waals surface area contributed by atoms with Gasteiger partial charge in [0.1, 0.15) is 0 Å². The van der Waals surface area contributed by atoms with E-state index in [1.54, 1.807) is 24.4 Å². The first-order chi connectivity index (χ1) is 6.90. The molecule has 2 aromatic rings. The third-order valence-corrected chi connectivity index (χ3v) is 1.73. The molecule has 1 aromatic carbocycles. The first-order valence-corrected chi connectivity index (χ1v) is 4.04. The Kier molecular flexibility index (Phi) is 2.15. The van der Waals surface area contributed by atoms with Gasteiger partial charge in [0.15, 0.2) is 5.82 Å². The van der Waals surface area contributed by atoms with Crippen molar-refractivity contribution >= 4 is 0 Å². The summed E-state index contributed by atoms with van der Waals surface area (Å²) in [7, 11) is 0. The molecular formula is C10H6N4. The highest BCUT2D eigenvalue weighted by molar-refractivity contribution is 5.56. The molecule has 1 heterocycles. The van der Waals surface area contributed by atoms with Gasteiger partial charge in [-0.1, -0.05) is 12.1 Å². The molecule has 1 aromatic heterocycles. The summed E-state index contributed by atoms with van der Waals surface area (Å²) in [6.07, 6.45) is 3.08. The number of nitrogens with zero attached hydrogens (tertiary/aromatic N) is 4. The summed E-state index contributed by atoms with van der Waals surface area (Å²) in [6, 6.07) is 9.17. The third kappa shape index (κ3) is 1.57. The molecule has 0 amide bonds. The maximum atomic E-state index is 8.70. The molecule has 2 rings (SSSR count). The molecule has 0 fully saturated rings. The van der Waals surface area contributed by atoms with E-state index in [4.69, 9.17) is 5.26 Å². The van der Waals surface area contributed by atoms with E-state index in [1.807, 2.05) is 6.07 Å². The highest BCUT2D eigenvalue weighted by atomic mass is 15.1. The number of benzene rings is 1. The molecule has 0 saturated heterocycles. The van der Waals surface area contributed by atoms with E-state index in [0.717, 1.165) is 5.56 Å². The molecule has 4 nitrogen and oxygen atoms in total. The van der Waals surface area contributed by atoms with Gasteiger partial charge in [0.2, 0.25) is 0 Å². The maximum absolute atomic E-state index is 8.70. The topological polar surface area (TPSA) is 62.5 Å². The van der Waals surface area contributed by atoms with E-state index >= 15 is 0 Å². The van der Waals surface area contributed by atoms with E-state index in [9.17, 15) is 0 Å². The Morgan fingerprint density at radius 1 is 1.21 bits per heavy atom. The summed E-state index contributed by atoms with van der Waals surface area (Å²) in [5, 5.41) is 16.3. The van der Waals surface area contributed by atoms with Crippen LogP contribution in [0.1, 0.15) is 5.56 Å². The summed E-state index contributed by atoms with van der Waals surface area (Å²) in [6.45, 7) is 0. The van der Waals surface area contributed by atoms with Gasteiger partial charge in [-0.3, -0.25) is 0 Å². The van der Waals surface area contributed by atoms with E-state index in [2.05, 4.69) is 21.3 Å². The van der Waals surface area contributed by atoms with Crippen LogP contribution in [0.15, 0.2) is 36.7 Å². The van der Waals surface area contributed by atoms with Gasteiger partial charge in [-0.25, -0.2) is 4.98 Å². The molecule has 0 saturated carbocycles. The van der Waals surface area contributed by atoms with Crippen LogP contribution >= 0.6 is 0 Å². The first kappa shape index (κ1) is 8.32. The standard InChI is InChI=1S/C10H6N4/c11-7-8-2-1-3-9(6-8)10-12-4-5-13-14-10/h1-6H. The number of aromatic nitrogens is 3. The zero-order chi connectivity index (χ0) is 9.80. The zero-order valence-electron chi connectivity index (χ0n) is 7.25. The molecule has 0 unspecified atom stereocenters. The van der Waals surface area contributed by atoms with Gasteiger partial charge in [-0.05, 0) is 12.1 Å². The molecule has 0 atom stereocenters. The second kappa shape index (κ2) is 3.62. The maximum Gasteiger partial charge on any atom is 0.181 e. The lowest BCUT2D eigenvalue weighted by atomic mass is 10.1. The van der Waals surface area contributed by atoms with Crippen molar-refractivity contribution in [1.29, 1.82) is 5.26 Å². The Bertz CT molecular complexity index is 473. The Balaban J connectivity index is 2.49. The van der Waals surface area contributed by atoms with Gasteiger partial charge in [0, 0.05) is 11.8 Å². The fourth-order valence-corrected chi connectivity index (χ4v) is 1.11. The van der Waals surface area contributed by atoms with Gasteiger partial charge in [-0.2, -0.15) is 10.4 Å². The quantitative estimate of drug-likeness (QED) is 0.668. The summed E-state index contributed by atoms with van der Waals surface area (Å²) in [4.78, 5) is 4.04. The van der Waals surface area contributed by atoms with Crippen molar-refractivity contribution in [2.75, 3.05) is 0 Å². The third-order valence-electron chi connectivity index (χ3n) is 1.73. The Morgan fingerprint density at radius 3 is 2.86 bits per heavy atom. The molecule has 14 heavy (non-hydrogen) atoms.